The summed E-state index contributed by atoms with van der Waals surface area (Å²) in [6, 6.07) is 15.9. The minimum atomic E-state index is -1.10. The van der Waals surface area contributed by atoms with E-state index >= 15 is 0 Å². The van der Waals surface area contributed by atoms with Crippen LogP contribution in [0.4, 0.5) is 5.69 Å². The van der Waals surface area contributed by atoms with Gasteiger partial charge in [-0.05, 0) is 12.1 Å². The monoisotopic (exact) mass is 394 g/mol. The molecule has 1 amide bonds. The van der Waals surface area contributed by atoms with Crippen molar-refractivity contribution in [3.8, 4) is 11.4 Å². The Morgan fingerprint density at radius 2 is 1.82 bits per heavy atom. The van der Waals surface area contributed by atoms with Crippen LogP contribution in [0, 0.1) is 0 Å². The molecule has 1 heterocycles. The number of benzene rings is 2. The number of anilines is 1. The fourth-order valence-corrected chi connectivity index (χ4v) is 3.33. The van der Waals surface area contributed by atoms with Gasteiger partial charge in [0.1, 0.15) is 0 Å². The van der Waals surface area contributed by atoms with E-state index in [4.69, 9.17) is 0 Å². The Balaban J connectivity index is 1.73. The van der Waals surface area contributed by atoms with Crippen LogP contribution in [0.3, 0.4) is 0 Å². The van der Waals surface area contributed by atoms with Crippen LogP contribution < -0.4 is 5.32 Å². The van der Waals surface area contributed by atoms with E-state index in [9.17, 15) is 14.7 Å². The molecule has 3 aromatic rings. The van der Waals surface area contributed by atoms with Crippen LogP contribution >= 0.6 is 11.8 Å². The Morgan fingerprint density at radius 1 is 1.11 bits per heavy atom. The van der Waals surface area contributed by atoms with Crippen LogP contribution in [-0.4, -0.2) is 37.5 Å². The molecule has 0 saturated heterocycles. The van der Waals surface area contributed by atoms with Gasteiger partial charge in [-0.2, -0.15) is 0 Å². The minimum Gasteiger partial charge on any atom is -0.478 e. The summed E-state index contributed by atoms with van der Waals surface area (Å²) >= 11 is 1.23. The van der Waals surface area contributed by atoms with Crippen molar-refractivity contribution in [1.29, 1.82) is 0 Å². The maximum absolute atomic E-state index is 12.3. The number of thioether (sulfide) groups is 1. The molecule has 0 aliphatic rings. The van der Waals surface area contributed by atoms with E-state index in [0.29, 0.717) is 17.5 Å². The van der Waals surface area contributed by atoms with E-state index in [1.54, 1.807) is 24.3 Å². The molecule has 0 aliphatic heterocycles. The predicted octanol–water partition coefficient (Wildman–Crippen LogP) is 3.56. The average molecular weight is 394 g/mol. The SMILES string of the molecule is C=CCn1c(SCC(=O)Nc2ccccc2C(=O)O)nnc1-c1ccccc1. The van der Waals surface area contributed by atoms with Gasteiger partial charge in [-0.1, -0.05) is 60.3 Å². The molecule has 8 heteroatoms. The van der Waals surface area contributed by atoms with Gasteiger partial charge in [0.2, 0.25) is 5.91 Å². The fourth-order valence-electron chi connectivity index (χ4n) is 2.58. The lowest BCUT2D eigenvalue weighted by Crippen LogP contribution is -2.17. The van der Waals surface area contributed by atoms with Crippen molar-refractivity contribution in [2.24, 2.45) is 0 Å². The van der Waals surface area contributed by atoms with E-state index in [1.807, 2.05) is 34.9 Å². The van der Waals surface area contributed by atoms with Gasteiger partial charge in [-0.3, -0.25) is 9.36 Å². The Labute approximate surface area is 166 Å². The number of allylic oxidation sites excluding steroid dienone is 1. The summed E-state index contributed by atoms with van der Waals surface area (Å²) in [7, 11) is 0. The maximum Gasteiger partial charge on any atom is 0.337 e. The van der Waals surface area contributed by atoms with Crippen LogP contribution in [0.2, 0.25) is 0 Å². The van der Waals surface area contributed by atoms with Gasteiger partial charge < -0.3 is 10.4 Å². The van der Waals surface area contributed by atoms with E-state index < -0.39 is 5.97 Å². The molecule has 3 rings (SSSR count). The average Bonchev–Trinajstić information content (AvgIpc) is 3.10. The van der Waals surface area contributed by atoms with E-state index in [-0.39, 0.29) is 22.9 Å². The zero-order valence-corrected chi connectivity index (χ0v) is 15.7. The lowest BCUT2D eigenvalue weighted by Gasteiger charge is -2.09. The van der Waals surface area contributed by atoms with E-state index in [1.165, 1.54) is 17.8 Å². The lowest BCUT2D eigenvalue weighted by molar-refractivity contribution is -0.113. The van der Waals surface area contributed by atoms with Crippen molar-refractivity contribution in [3.63, 3.8) is 0 Å². The number of hydrogen-bond donors (Lipinski definition) is 2. The normalized spacial score (nSPS) is 10.4. The molecule has 0 unspecified atom stereocenters. The van der Waals surface area contributed by atoms with Crippen molar-refractivity contribution in [2.75, 3.05) is 11.1 Å². The topological polar surface area (TPSA) is 97.1 Å². The fraction of sp³-hybridized carbons (Fsp3) is 0.100. The van der Waals surface area contributed by atoms with Crippen LogP contribution in [0.1, 0.15) is 10.4 Å². The van der Waals surface area contributed by atoms with Crippen molar-refractivity contribution in [1.82, 2.24) is 14.8 Å². The highest BCUT2D eigenvalue weighted by Crippen LogP contribution is 2.24. The van der Waals surface area contributed by atoms with Crippen LogP contribution in [0.25, 0.3) is 11.4 Å². The highest BCUT2D eigenvalue weighted by Gasteiger charge is 2.16. The first-order chi connectivity index (χ1) is 13.6. The molecule has 0 bridgehead atoms. The van der Waals surface area contributed by atoms with Crippen LogP contribution in [0.5, 0.6) is 0 Å². The highest BCUT2D eigenvalue weighted by molar-refractivity contribution is 7.99. The number of hydrogen-bond acceptors (Lipinski definition) is 5. The highest BCUT2D eigenvalue weighted by atomic mass is 32.2. The summed E-state index contributed by atoms with van der Waals surface area (Å²) in [5.41, 5.74) is 1.23. The molecule has 0 aliphatic carbocycles. The number of nitrogens with one attached hydrogen (secondary N) is 1. The Kier molecular flexibility index (Phi) is 6.23. The minimum absolute atomic E-state index is 0.0436. The second kappa shape index (κ2) is 9.01. The molecule has 0 fully saturated rings. The number of para-hydroxylation sites is 1. The molecule has 2 N–H and O–H groups in total. The van der Waals surface area contributed by atoms with Gasteiger partial charge in [-0.15, -0.1) is 16.8 Å². The van der Waals surface area contributed by atoms with E-state index in [0.717, 1.165) is 5.56 Å². The number of carbonyl (C=O) groups is 2. The largest absolute Gasteiger partial charge is 0.478 e. The second-order valence-corrected chi connectivity index (χ2v) is 6.70. The first kappa shape index (κ1) is 19.4. The number of carboxylic acids is 1. The third-order valence-corrected chi connectivity index (χ3v) is 4.79. The number of nitrogens with zero attached hydrogens (tertiary/aromatic N) is 3. The smallest absolute Gasteiger partial charge is 0.337 e. The Hall–Kier alpha value is -3.39. The van der Waals surface area contributed by atoms with Gasteiger partial charge in [0.25, 0.3) is 0 Å². The second-order valence-electron chi connectivity index (χ2n) is 5.76. The molecule has 0 saturated carbocycles. The zero-order valence-electron chi connectivity index (χ0n) is 14.9. The van der Waals surface area contributed by atoms with Gasteiger partial charge >= 0.3 is 5.97 Å². The van der Waals surface area contributed by atoms with Gasteiger partial charge in [-0.25, -0.2) is 4.79 Å². The molecular weight excluding hydrogens is 376 g/mol. The van der Waals surface area contributed by atoms with Crippen LogP contribution in [-0.2, 0) is 11.3 Å². The summed E-state index contributed by atoms with van der Waals surface area (Å²) in [5.74, 6) is -0.660. The summed E-state index contributed by atoms with van der Waals surface area (Å²) in [6.45, 7) is 4.27. The van der Waals surface area contributed by atoms with Gasteiger partial charge in [0.05, 0.1) is 17.0 Å². The third-order valence-electron chi connectivity index (χ3n) is 3.82. The molecule has 0 radical (unpaired) electrons. The maximum atomic E-state index is 12.3. The predicted molar refractivity (Wildman–Crippen MR) is 108 cm³/mol. The zero-order chi connectivity index (χ0) is 19.9. The van der Waals surface area contributed by atoms with Crippen molar-refractivity contribution in [2.45, 2.75) is 11.7 Å². The molecule has 0 spiro atoms. The number of carbonyl (C=O) groups excluding carboxylic acids is 1. The quantitative estimate of drug-likeness (QED) is 0.448. The number of aromatic carboxylic acids is 1. The molecule has 1 aromatic heterocycles. The first-order valence-corrected chi connectivity index (χ1v) is 9.43. The van der Waals surface area contributed by atoms with Crippen molar-refractivity contribution >= 4 is 29.3 Å². The molecule has 142 valence electrons. The van der Waals surface area contributed by atoms with E-state index in [2.05, 4.69) is 22.1 Å². The molecule has 28 heavy (non-hydrogen) atoms. The number of amides is 1. The number of rotatable bonds is 8. The summed E-state index contributed by atoms with van der Waals surface area (Å²) in [4.78, 5) is 23.6. The summed E-state index contributed by atoms with van der Waals surface area (Å²) in [5, 5.41) is 20.9. The van der Waals surface area contributed by atoms with Crippen molar-refractivity contribution < 1.29 is 14.7 Å². The summed E-state index contributed by atoms with van der Waals surface area (Å²) in [6.07, 6.45) is 1.74. The Morgan fingerprint density at radius 3 is 2.54 bits per heavy atom. The first-order valence-electron chi connectivity index (χ1n) is 8.44. The standard InChI is InChI=1S/C20H18N4O3S/c1-2-12-24-18(14-8-4-3-5-9-14)22-23-20(24)28-13-17(25)21-16-11-7-6-10-15(16)19(26)27/h2-11H,1,12-13H2,(H,21,25)(H,26,27). The number of carboxylic acid groups (broad SMARTS) is 1. The third kappa shape index (κ3) is 4.47. The van der Waals surface area contributed by atoms with Gasteiger partial charge in [0, 0.05) is 12.1 Å². The molecule has 2 aromatic carbocycles. The van der Waals surface area contributed by atoms with Gasteiger partial charge in [0.15, 0.2) is 11.0 Å². The van der Waals surface area contributed by atoms with Crippen LogP contribution in [0.15, 0.2) is 72.4 Å². The van der Waals surface area contributed by atoms with Crippen molar-refractivity contribution in [3.05, 3.63) is 72.8 Å². The summed E-state index contributed by atoms with van der Waals surface area (Å²) < 4.78 is 1.88. The lowest BCUT2D eigenvalue weighted by atomic mass is 10.2. The molecule has 7 nitrogen and oxygen atoms in total. The molecular formula is C20H18N4O3S. The molecule has 0 atom stereocenters. The number of aromatic nitrogens is 3. The Bertz CT molecular complexity index is 1000.